The highest BCUT2D eigenvalue weighted by atomic mass is 79.9. The van der Waals surface area contributed by atoms with E-state index in [9.17, 15) is 4.79 Å². The highest BCUT2D eigenvalue weighted by Crippen LogP contribution is 2.34. The minimum atomic E-state index is -0.424. The van der Waals surface area contributed by atoms with Crippen LogP contribution in [-0.2, 0) is 0 Å². The molecule has 1 aromatic rings. The Balaban J connectivity index is 2.22. The molecule has 1 saturated carbocycles. The zero-order valence-corrected chi connectivity index (χ0v) is 11.0. The van der Waals surface area contributed by atoms with Gasteiger partial charge < -0.3 is 16.8 Å². The van der Waals surface area contributed by atoms with Gasteiger partial charge in [-0.3, -0.25) is 4.79 Å². The van der Waals surface area contributed by atoms with Crippen molar-refractivity contribution in [1.29, 1.82) is 0 Å². The van der Waals surface area contributed by atoms with Crippen LogP contribution in [0.1, 0.15) is 23.2 Å². The molecular weight excluding hydrogens is 282 g/mol. The molecule has 5 heteroatoms. The summed E-state index contributed by atoms with van der Waals surface area (Å²) in [5.74, 6) is 0.200. The average Bonchev–Trinajstić information content (AvgIpc) is 3.09. The summed E-state index contributed by atoms with van der Waals surface area (Å²) in [5.41, 5.74) is 12.3. The summed E-state index contributed by atoms with van der Waals surface area (Å²) in [7, 11) is 0. The normalized spacial score (nSPS) is 16.6. The number of benzene rings is 1. The Labute approximate surface area is 109 Å². The molecule has 0 spiro atoms. The molecule has 1 aliphatic carbocycles. The van der Waals surface area contributed by atoms with Gasteiger partial charge in [0.25, 0.3) is 5.91 Å². The van der Waals surface area contributed by atoms with Gasteiger partial charge >= 0.3 is 0 Å². The highest BCUT2D eigenvalue weighted by molar-refractivity contribution is 9.10. The van der Waals surface area contributed by atoms with Crippen LogP contribution in [0, 0.1) is 5.92 Å². The van der Waals surface area contributed by atoms with Crippen molar-refractivity contribution in [2.24, 2.45) is 17.4 Å². The van der Waals surface area contributed by atoms with Crippen LogP contribution in [-0.4, -0.2) is 18.5 Å². The van der Waals surface area contributed by atoms with E-state index < -0.39 is 5.91 Å². The fourth-order valence-corrected chi connectivity index (χ4v) is 2.28. The number of anilines is 1. The van der Waals surface area contributed by atoms with Gasteiger partial charge in [-0.25, -0.2) is 0 Å². The van der Waals surface area contributed by atoms with Crippen molar-refractivity contribution < 1.29 is 4.79 Å². The first-order valence-electron chi connectivity index (χ1n) is 5.67. The third-order valence-electron chi connectivity index (χ3n) is 3.03. The number of primary amides is 1. The number of halogens is 1. The second-order valence-electron chi connectivity index (χ2n) is 4.38. The summed E-state index contributed by atoms with van der Waals surface area (Å²) in [6.07, 6.45) is 2.41. The summed E-state index contributed by atoms with van der Waals surface area (Å²) >= 11 is 3.39. The molecule has 1 unspecified atom stereocenters. The van der Waals surface area contributed by atoms with Crippen LogP contribution < -0.4 is 16.8 Å². The lowest BCUT2D eigenvalue weighted by Gasteiger charge is -2.19. The lowest BCUT2D eigenvalue weighted by molar-refractivity contribution is 0.100. The Bertz CT molecular complexity index is 432. The second kappa shape index (κ2) is 5.06. The van der Waals surface area contributed by atoms with Crippen LogP contribution in [0.3, 0.4) is 0 Å². The first kappa shape index (κ1) is 12.4. The Kier molecular flexibility index (Phi) is 3.69. The topological polar surface area (TPSA) is 81.1 Å². The fourth-order valence-electron chi connectivity index (χ4n) is 1.92. The first-order valence-corrected chi connectivity index (χ1v) is 6.47. The molecule has 1 amide bonds. The van der Waals surface area contributed by atoms with Gasteiger partial charge in [0.15, 0.2) is 0 Å². The SMILES string of the molecule is NCC(Nc1cc(Br)ccc1C(N)=O)C1CC1. The zero-order valence-electron chi connectivity index (χ0n) is 9.45. The Morgan fingerprint density at radius 3 is 2.76 bits per heavy atom. The van der Waals surface area contributed by atoms with Crippen molar-refractivity contribution in [2.45, 2.75) is 18.9 Å². The van der Waals surface area contributed by atoms with Crippen LogP contribution in [0.5, 0.6) is 0 Å². The molecule has 92 valence electrons. The molecular formula is C12H16BrN3O. The van der Waals surface area contributed by atoms with E-state index in [0.29, 0.717) is 18.0 Å². The van der Waals surface area contributed by atoms with Crippen LogP contribution in [0.4, 0.5) is 5.69 Å². The minimum Gasteiger partial charge on any atom is -0.380 e. The fraction of sp³-hybridized carbons (Fsp3) is 0.417. The van der Waals surface area contributed by atoms with E-state index in [1.54, 1.807) is 12.1 Å². The van der Waals surface area contributed by atoms with Crippen LogP contribution in [0.2, 0.25) is 0 Å². The molecule has 0 bridgehead atoms. The lowest BCUT2D eigenvalue weighted by Crippen LogP contribution is -2.31. The van der Waals surface area contributed by atoms with Gasteiger partial charge in [-0.15, -0.1) is 0 Å². The molecule has 17 heavy (non-hydrogen) atoms. The number of nitrogens with one attached hydrogen (secondary N) is 1. The summed E-state index contributed by atoms with van der Waals surface area (Å²) in [4.78, 5) is 11.3. The van der Waals surface area contributed by atoms with E-state index in [2.05, 4.69) is 21.2 Å². The monoisotopic (exact) mass is 297 g/mol. The van der Waals surface area contributed by atoms with Gasteiger partial charge in [-0.05, 0) is 37.0 Å². The molecule has 0 saturated heterocycles. The van der Waals surface area contributed by atoms with E-state index in [1.165, 1.54) is 12.8 Å². The van der Waals surface area contributed by atoms with E-state index in [4.69, 9.17) is 11.5 Å². The predicted octanol–water partition coefficient (Wildman–Crippen LogP) is 1.70. The molecule has 0 heterocycles. The molecule has 1 atom stereocenters. The molecule has 1 aliphatic rings. The Morgan fingerprint density at radius 1 is 1.53 bits per heavy atom. The quantitative estimate of drug-likeness (QED) is 0.774. The summed E-state index contributed by atoms with van der Waals surface area (Å²) in [5, 5.41) is 3.33. The molecule has 5 N–H and O–H groups in total. The van der Waals surface area contributed by atoms with Gasteiger partial charge in [-0.2, -0.15) is 0 Å². The maximum absolute atomic E-state index is 11.3. The number of carbonyl (C=O) groups is 1. The number of hydrogen-bond donors (Lipinski definition) is 3. The molecule has 0 aromatic heterocycles. The highest BCUT2D eigenvalue weighted by Gasteiger charge is 2.30. The van der Waals surface area contributed by atoms with Gasteiger partial charge in [0.05, 0.1) is 5.56 Å². The van der Waals surface area contributed by atoms with Gasteiger partial charge in [0, 0.05) is 22.7 Å². The smallest absolute Gasteiger partial charge is 0.250 e. The van der Waals surface area contributed by atoms with Crippen LogP contribution in [0.15, 0.2) is 22.7 Å². The number of rotatable bonds is 5. The third-order valence-corrected chi connectivity index (χ3v) is 3.53. The zero-order chi connectivity index (χ0) is 12.4. The maximum Gasteiger partial charge on any atom is 0.250 e. The number of nitrogens with two attached hydrogens (primary N) is 2. The Morgan fingerprint density at radius 2 is 2.24 bits per heavy atom. The van der Waals surface area contributed by atoms with E-state index >= 15 is 0 Å². The third kappa shape index (κ3) is 2.98. The number of carbonyl (C=O) groups excluding carboxylic acids is 1. The number of amides is 1. The van der Waals surface area contributed by atoms with Crippen molar-refractivity contribution in [3.05, 3.63) is 28.2 Å². The van der Waals surface area contributed by atoms with Crippen molar-refractivity contribution in [3.63, 3.8) is 0 Å². The van der Waals surface area contributed by atoms with E-state index in [-0.39, 0.29) is 6.04 Å². The minimum absolute atomic E-state index is 0.224. The molecule has 0 radical (unpaired) electrons. The molecule has 1 fully saturated rings. The van der Waals surface area contributed by atoms with E-state index in [1.807, 2.05) is 6.07 Å². The first-order chi connectivity index (χ1) is 8.11. The van der Waals surface area contributed by atoms with Crippen LogP contribution >= 0.6 is 15.9 Å². The largest absolute Gasteiger partial charge is 0.380 e. The number of hydrogen-bond acceptors (Lipinski definition) is 3. The average molecular weight is 298 g/mol. The summed E-state index contributed by atoms with van der Waals surface area (Å²) in [6.45, 7) is 0.565. The van der Waals surface area contributed by atoms with Gasteiger partial charge in [0.2, 0.25) is 0 Å². The molecule has 4 nitrogen and oxygen atoms in total. The van der Waals surface area contributed by atoms with Crippen molar-refractivity contribution in [3.8, 4) is 0 Å². The molecule has 0 aliphatic heterocycles. The Hall–Kier alpha value is -1.07. The van der Waals surface area contributed by atoms with Crippen molar-refractivity contribution >= 4 is 27.5 Å². The molecule has 1 aromatic carbocycles. The standard InChI is InChI=1S/C12H16BrN3O/c13-8-3-4-9(12(15)17)10(5-8)16-11(6-14)7-1-2-7/h3-5,7,11,16H,1-2,6,14H2,(H2,15,17). The second-order valence-corrected chi connectivity index (χ2v) is 5.29. The van der Waals surface area contributed by atoms with Gasteiger partial charge in [-0.1, -0.05) is 15.9 Å². The summed E-state index contributed by atoms with van der Waals surface area (Å²) < 4.78 is 0.913. The summed E-state index contributed by atoms with van der Waals surface area (Å²) in [6, 6.07) is 5.61. The lowest BCUT2D eigenvalue weighted by atomic mass is 10.1. The van der Waals surface area contributed by atoms with Crippen molar-refractivity contribution in [2.75, 3.05) is 11.9 Å². The van der Waals surface area contributed by atoms with Gasteiger partial charge in [0.1, 0.15) is 0 Å². The van der Waals surface area contributed by atoms with E-state index in [0.717, 1.165) is 10.2 Å². The predicted molar refractivity (Wildman–Crippen MR) is 71.8 cm³/mol. The maximum atomic E-state index is 11.3. The van der Waals surface area contributed by atoms with Crippen molar-refractivity contribution in [1.82, 2.24) is 0 Å². The molecule has 2 rings (SSSR count). The van der Waals surface area contributed by atoms with Crippen LogP contribution in [0.25, 0.3) is 0 Å².